The zero-order valence-corrected chi connectivity index (χ0v) is 7.67. The molecular weight excluding hydrogens is 180 g/mol. The number of hydrogen-bond acceptors (Lipinski definition) is 3. The van der Waals surface area contributed by atoms with Crippen LogP contribution in [0, 0.1) is 6.92 Å². The number of rotatable bonds is 0. The summed E-state index contributed by atoms with van der Waals surface area (Å²) in [6.45, 7) is 1.87. The van der Waals surface area contributed by atoms with Gasteiger partial charge in [0.25, 0.3) is 0 Å². The van der Waals surface area contributed by atoms with E-state index in [1.54, 1.807) is 11.8 Å². The van der Waals surface area contributed by atoms with Crippen molar-refractivity contribution >= 4 is 23.4 Å². The van der Waals surface area contributed by atoms with Crippen LogP contribution in [0.1, 0.15) is 11.4 Å². The summed E-state index contributed by atoms with van der Waals surface area (Å²) < 4.78 is 0. The highest BCUT2D eigenvalue weighted by atomic mass is 35.5. The van der Waals surface area contributed by atoms with Gasteiger partial charge in [0.1, 0.15) is 16.0 Å². The SMILES string of the molecule is Cc1nc(Cl)c2c(n1)SCC2. The fourth-order valence-corrected chi connectivity index (χ4v) is 2.55. The summed E-state index contributed by atoms with van der Waals surface area (Å²) >= 11 is 7.67. The maximum Gasteiger partial charge on any atom is 0.137 e. The lowest BCUT2D eigenvalue weighted by molar-refractivity contribution is 0.928. The van der Waals surface area contributed by atoms with Gasteiger partial charge in [0.05, 0.1) is 0 Å². The molecule has 0 aromatic carbocycles. The topological polar surface area (TPSA) is 25.8 Å². The molecule has 0 atom stereocenters. The molecule has 0 spiro atoms. The molecule has 1 aliphatic rings. The van der Waals surface area contributed by atoms with E-state index in [-0.39, 0.29) is 0 Å². The van der Waals surface area contributed by atoms with Crippen molar-refractivity contribution in [1.82, 2.24) is 9.97 Å². The van der Waals surface area contributed by atoms with Gasteiger partial charge in [-0.3, -0.25) is 0 Å². The van der Waals surface area contributed by atoms with E-state index in [0.29, 0.717) is 5.15 Å². The van der Waals surface area contributed by atoms with Crippen molar-refractivity contribution in [3.63, 3.8) is 0 Å². The Morgan fingerprint density at radius 1 is 1.45 bits per heavy atom. The molecule has 1 aromatic heterocycles. The van der Waals surface area contributed by atoms with Gasteiger partial charge < -0.3 is 0 Å². The molecule has 2 nitrogen and oxygen atoms in total. The molecule has 0 bridgehead atoms. The van der Waals surface area contributed by atoms with Crippen LogP contribution < -0.4 is 0 Å². The Labute approximate surface area is 74.4 Å². The first-order chi connectivity index (χ1) is 5.27. The molecule has 11 heavy (non-hydrogen) atoms. The molecule has 1 aliphatic heterocycles. The molecule has 1 aromatic rings. The molecule has 0 saturated heterocycles. The maximum absolute atomic E-state index is 5.91. The summed E-state index contributed by atoms with van der Waals surface area (Å²) in [6, 6.07) is 0. The predicted octanol–water partition coefficient (Wildman–Crippen LogP) is 2.09. The molecule has 0 amide bonds. The number of halogens is 1. The summed E-state index contributed by atoms with van der Waals surface area (Å²) in [5.74, 6) is 1.86. The Kier molecular flexibility index (Phi) is 1.77. The monoisotopic (exact) mass is 186 g/mol. The van der Waals surface area contributed by atoms with Crippen molar-refractivity contribution in [1.29, 1.82) is 0 Å². The number of nitrogens with zero attached hydrogens (tertiary/aromatic N) is 2. The number of aryl methyl sites for hydroxylation is 1. The third kappa shape index (κ3) is 1.23. The van der Waals surface area contributed by atoms with Crippen molar-refractivity contribution in [3.8, 4) is 0 Å². The van der Waals surface area contributed by atoms with E-state index in [1.807, 2.05) is 6.92 Å². The van der Waals surface area contributed by atoms with Crippen LogP contribution in [0.25, 0.3) is 0 Å². The predicted molar refractivity (Wildman–Crippen MR) is 46.2 cm³/mol. The quantitative estimate of drug-likeness (QED) is 0.581. The summed E-state index contributed by atoms with van der Waals surface area (Å²) in [4.78, 5) is 8.37. The highest BCUT2D eigenvalue weighted by Gasteiger charge is 2.17. The third-order valence-electron chi connectivity index (χ3n) is 1.62. The molecule has 0 unspecified atom stereocenters. The highest BCUT2D eigenvalue weighted by Crippen LogP contribution is 2.32. The second-order valence-electron chi connectivity index (χ2n) is 2.44. The second-order valence-corrected chi connectivity index (χ2v) is 3.89. The minimum atomic E-state index is 0.637. The van der Waals surface area contributed by atoms with E-state index in [0.717, 1.165) is 28.6 Å². The lowest BCUT2D eigenvalue weighted by Crippen LogP contribution is -1.93. The lowest BCUT2D eigenvalue weighted by Gasteiger charge is -1.99. The first-order valence-electron chi connectivity index (χ1n) is 3.43. The van der Waals surface area contributed by atoms with Gasteiger partial charge in [-0.2, -0.15) is 0 Å². The van der Waals surface area contributed by atoms with Gasteiger partial charge in [-0.25, -0.2) is 9.97 Å². The van der Waals surface area contributed by atoms with Gasteiger partial charge in [0, 0.05) is 11.3 Å². The van der Waals surface area contributed by atoms with E-state index in [1.165, 1.54) is 0 Å². The minimum Gasteiger partial charge on any atom is -0.227 e. The smallest absolute Gasteiger partial charge is 0.137 e. The standard InChI is InChI=1S/C7H7ClN2S/c1-4-9-6(8)5-2-3-11-7(5)10-4/h2-3H2,1H3. The summed E-state index contributed by atoms with van der Waals surface area (Å²) in [5.41, 5.74) is 1.13. The van der Waals surface area contributed by atoms with Crippen LogP contribution in [0.4, 0.5) is 0 Å². The third-order valence-corrected chi connectivity index (χ3v) is 2.95. The van der Waals surface area contributed by atoms with Crippen LogP contribution in [-0.2, 0) is 6.42 Å². The molecule has 0 saturated carbocycles. The van der Waals surface area contributed by atoms with Crippen molar-refractivity contribution in [3.05, 3.63) is 16.5 Å². The fraction of sp³-hybridized carbons (Fsp3) is 0.429. The number of aromatic nitrogens is 2. The maximum atomic E-state index is 5.91. The van der Waals surface area contributed by atoms with Gasteiger partial charge in [-0.1, -0.05) is 11.6 Å². The number of fused-ring (bicyclic) bond motifs is 1. The Morgan fingerprint density at radius 3 is 3.09 bits per heavy atom. The van der Waals surface area contributed by atoms with Crippen molar-refractivity contribution in [2.75, 3.05) is 5.75 Å². The highest BCUT2D eigenvalue weighted by molar-refractivity contribution is 7.99. The van der Waals surface area contributed by atoms with Crippen LogP contribution in [-0.4, -0.2) is 15.7 Å². The molecule has 0 fully saturated rings. The molecule has 0 radical (unpaired) electrons. The molecule has 4 heteroatoms. The second kappa shape index (κ2) is 2.64. The van der Waals surface area contributed by atoms with Crippen LogP contribution in [0.3, 0.4) is 0 Å². The van der Waals surface area contributed by atoms with E-state index in [4.69, 9.17) is 11.6 Å². The van der Waals surface area contributed by atoms with E-state index in [2.05, 4.69) is 9.97 Å². The van der Waals surface area contributed by atoms with E-state index >= 15 is 0 Å². The van der Waals surface area contributed by atoms with Crippen LogP contribution in [0.5, 0.6) is 0 Å². The molecule has 2 heterocycles. The molecule has 0 aliphatic carbocycles. The number of hydrogen-bond donors (Lipinski definition) is 0. The average molecular weight is 187 g/mol. The Morgan fingerprint density at radius 2 is 2.27 bits per heavy atom. The van der Waals surface area contributed by atoms with Crippen LogP contribution in [0.15, 0.2) is 5.03 Å². The Balaban J connectivity index is 2.60. The van der Waals surface area contributed by atoms with Crippen molar-refractivity contribution in [2.45, 2.75) is 18.4 Å². The fourth-order valence-electron chi connectivity index (χ4n) is 1.12. The van der Waals surface area contributed by atoms with Gasteiger partial charge >= 0.3 is 0 Å². The molecule has 2 rings (SSSR count). The number of thioether (sulfide) groups is 1. The summed E-state index contributed by atoms with van der Waals surface area (Å²) in [5, 5.41) is 1.71. The van der Waals surface area contributed by atoms with Crippen LogP contribution in [0.2, 0.25) is 5.15 Å². The zero-order chi connectivity index (χ0) is 7.84. The lowest BCUT2D eigenvalue weighted by atomic mass is 10.3. The van der Waals surface area contributed by atoms with Crippen molar-refractivity contribution in [2.24, 2.45) is 0 Å². The Hall–Kier alpha value is -0.280. The van der Waals surface area contributed by atoms with Crippen LogP contribution >= 0.6 is 23.4 Å². The molecule has 0 N–H and O–H groups in total. The average Bonchev–Trinajstić information content (AvgIpc) is 2.34. The van der Waals surface area contributed by atoms with E-state index < -0.39 is 0 Å². The van der Waals surface area contributed by atoms with Gasteiger partial charge in [0.15, 0.2) is 0 Å². The first-order valence-corrected chi connectivity index (χ1v) is 4.79. The first kappa shape index (κ1) is 7.37. The Bertz CT molecular complexity index is 301. The summed E-state index contributed by atoms with van der Waals surface area (Å²) in [7, 11) is 0. The van der Waals surface area contributed by atoms with E-state index in [9.17, 15) is 0 Å². The largest absolute Gasteiger partial charge is 0.227 e. The normalized spacial score (nSPS) is 15.1. The summed E-state index contributed by atoms with van der Waals surface area (Å²) in [6.07, 6.45) is 1.01. The van der Waals surface area contributed by atoms with Gasteiger partial charge in [-0.15, -0.1) is 11.8 Å². The minimum absolute atomic E-state index is 0.637. The van der Waals surface area contributed by atoms with Crippen molar-refractivity contribution < 1.29 is 0 Å². The zero-order valence-electron chi connectivity index (χ0n) is 6.09. The molecule has 58 valence electrons. The van der Waals surface area contributed by atoms with Gasteiger partial charge in [0.2, 0.25) is 0 Å². The molecular formula is C7H7ClN2S. The van der Waals surface area contributed by atoms with Gasteiger partial charge in [-0.05, 0) is 13.3 Å².